The van der Waals surface area contributed by atoms with Crippen molar-refractivity contribution < 1.29 is 9.90 Å². The predicted octanol–water partition coefficient (Wildman–Crippen LogP) is 1.54. The van der Waals surface area contributed by atoms with Crippen LogP contribution in [0.5, 0.6) is 0 Å². The fourth-order valence-corrected chi connectivity index (χ4v) is 2.90. The Bertz CT molecular complexity index is 700. The van der Waals surface area contributed by atoms with E-state index in [0.717, 1.165) is 11.1 Å². The van der Waals surface area contributed by atoms with E-state index in [0.29, 0.717) is 17.8 Å². The quantitative estimate of drug-likeness (QED) is 0.902. The van der Waals surface area contributed by atoms with E-state index in [9.17, 15) is 9.90 Å². The lowest BCUT2D eigenvalue weighted by Gasteiger charge is -2.20. The minimum Gasteiger partial charge on any atom is -0.390 e. The Morgan fingerprint density at radius 1 is 1.27 bits per heavy atom. The van der Waals surface area contributed by atoms with Gasteiger partial charge in [-0.05, 0) is 23.3 Å². The lowest BCUT2D eigenvalue weighted by Crippen LogP contribution is -2.34. The first-order valence-electron chi connectivity index (χ1n) is 7.27. The van der Waals surface area contributed by atoms with E-state index < -0.39 is 6.10 Å². The van der Waals surface area contributed by atoms with Crippen LogP contribution >= 0.6 is 0 Å². The molecule has 1 aromatic heterocycles. The summed E-state index contributed by atoms with van der Waals surface area (Å²) in [5.41, 5.74) is 2.57. The lowest BCUT2D eigenvalue weighted by atomic mass is 10.1. The van der Waals surface area contributed by atoms with Gasteiger partial charge >= 0.3 is 0 Å². The van der Waals surface area contributed by atoms with E-state index in [1.165, 1.54) is 0 Å². The van der Waals surface area contributed by atoms with Crippen molar-refractivity contribution in [1.82, 2.24) is 10.3 Å². The van der Waals surface area contributed by atoms with Crippen LogP contribution in [0.25, 0.3) is 0 Å². The number of rotatable bonds is 3. The minimum absolute atomic E-state index is 0.224. The molecule has 1 aliphatic carbocycles. The van der Waals surface area contributed by atoms with Crippen molar-refractivity contribution in [2.75, 3.05) is 19.0 Å². The van der Waals surface area contributed by atoms with Crippen molar-refractivity contribution in [2.45, 2.75) is 18.6 Å². The van der Waals surface area contributed by atoms with Crippen molar-refractivity contribution in [3.63, 3.8) is 0 Å². The van der Waals surface area contributed by atoms with Gasteiger partial charge in [0.05, 0.1) is 17.7 Å². The number of nitrogens with zero attached hydrogens (tertiary/aromatic N) is 2. The third-order valence-corrected chi connectivity index (χ3v) is 3.95. The molecule has 0 radical (unpaired) electrons. The molecule has 1 aliphatic rings. The predicted molar refractivity (Wildman–Crippen MR) is 84.9 cm³/mol. The number of carbonyl (C=O) groups excluding carboxylic acids is 1. The maximum Gasteiger partial charge on any atom is 0.255 e. The number of aromatic nitrogens is 1. The van der Waals surface area contributed by atoms with Crippen LogP contribution in [0.2, 0.25) is 0 Å². The van der Waals surface area contributed by atoms with E-state index in [-0.39, 0.29) is 11.9 Å². The second-order valence-electron chi connectivity index (χ2n) is 5.69. The second kappa shape index (κ2) is 5.77. The van der Waals surface area contributed by atoms with Gasteiger partial charge < -0.3 is 15.3 Å². The summed E-state index contributed by atoms with van der Waals surface area (Å²) in [7, 11) is 3.69. The number of benzene rings is 1. The molecule has 2 aromatic rings. The Morgan fingerprint density at radius 3 is 2.82 bits per heavy atom. The highest BCUT2D eigenvalue weighted by Crippen LogP contribution is 2.31. The first-order chi connectivity index (χ1) is 10.6. The van der Waals surface area contributed by atoms with Crippen molar-refractivity contribution >= 4 is 11.7 Å². The molecule has 1 aromatic carbocycles. The van der Waals surface area contributed by atoms with Gasteiger partial charge in [0.15, 0.2) is 0 Å². The smallest absolute Gasteiger partial charge is 0.255 e. The number of fused-ring (bicyclic) bond motifs is 1. The van der Waals surface area contributed by atoms with Gasteiger partial charge in [-0.15, -0.1) is 0 Å². The molecule has 1 heterocycles. The Kier molecular flexibility index (Phi) is 3.81. The molecule has 0 fully saturated rings. The first kappa shape index (κ1) is 14.5. The summed E-state index contributed by atoms with van der Waals surface area (Å²) in [5.74, 6) is 0.387. The summed E-state index contributed by atoms with van der Waals surface area (Å²) in [5, 5.41) is 13.2. The van der Waals surface area contributed by atoms with Crippen molar-refractivity contribution in [3.8, 4) is 0 Å². The van der Waals surface area contributed by atoms with E-state index in [1.54, 1.807) is 23.2 Å². The van der Waals surface area contributed by atoms with Crippen molar-refractivity contribution in [2.24, 2.45) is 0 Å². The highest BCUT2D eigenvalue weighted by molar-refractivity contribution is 5.99. The van der Waals surface area contributed by atoms with Crippen LogP contribution in [0, 0.1) is 0 Å². The van der Waals surface area contributed by atoms with E-state index in [1.807, 2.05) is 38.4 Å². The number of anilines is 1. The Balaban J connectivity index is 1.87. The van der Waals surface area contributed by atoms with Crippen LogP contribution in [-0.4, -0.2) is 36.2 Å². The summed E-state index contributed by atoms with van der Waals surface area (Å²) in [4.78, 5) is 18.6. The molecular weight excluding hydrogens is 278 g/mol. The molecule has 0 unspecified atom stereocenters. The maximum absolute atomic E-state index is 12.6. The van der Waals surface area contributed by atoms with Gasteiger partial charge in [-0.25, -0.2) is 4.98 Å². The Hall–Kier alpha value is -2.40. The zero-order valence-corrected chi connectivity index (χ0v) is 12.7. The second-order valence-corrected chi connectivity index (χ2v) is 5.69. The number of pyridine rings is 1. The molecular formula is C17H19N3O2. The van der Waals surface area contributed by atoms with Crippen LogP contribution in [0.1, 0.15) is 27.5 Å². The standard InChI is InChI=1S/C17H19N3O2/c1-20(2)16-13(8-5-9-18-16)17(22)19-15-12-7-4-3-6-11(12)10-14(15)21/h3-9,14-15,21H,10H2,1-2H3,(H,19,22)/t14-,15+/m1/s1. The molecule has 0 spiro atoms. The van der Waals surface area contributed by atoms with Crippen LogP contribution in [0.4, 0.5) is 5.82 Å². The molecule has 0 bridgehead atoms. The molecule has 5 heteroatoms. The van der Waals surface area contributed by atoms with Gasteiger partial charge in [-0.2, -0.15) is 0 Å². The number of hydrogen-bond acceptors (Lipinski definition) is 4. The largest absolute Gasteiger partial charge is 0.390 e. The normalized spacial score (nSPS) is 19.6. The molecule has 0 saturated carbocycles. The fraction of sp³-hybridized carbons (Fsp3) is 0.294. The maximum atomic E-state index is 12.6. The van der Waals surface area contributed by atoms with Gasteiger partial charge in [0.1, 0.15) is 5.82 Å². The van der Waals surface area contributed by atoms with Gasteiger partial charge in [0, 0.05) is 26.7 Å². The average Bonchev–Trinajstić information content (AvgIpc) is 2.83. The van der Waals surface area contributed by atoms with E-state index >= 15 is 0 Å². The van der Waals surface area contributed by atoms with Gasteiger partial charge in [0.2, 0.25) is 0 Å². The highest BCUT2D eigenvalue weighted by Gasteiger charge is 2.32. The number of nitrogens with one attached hydrogen (secondary N) is 1. The van der Waals surface area contributed by atoms with Crippen LogP contribution in [-0.2, 0) is 6.42 Å². The summed E-state index contributed by atoms with van der Waals surface area (Å²) >= 11 is 0. The monoisotopic (exact) mass is 297 g/mol. The third kappa shape index (κ3) is 2.55. The topological polar surface area (TPSA) is 65.5 Å². The number of amides is 1. The number of carbonyl (C=O) groups is 1. The zero-order valence-electron chi connectivity index (χ0n) is 12.7. The number of aliphatic hydroxyl groups is 1. The van der Waals surface area contributed by atoms with E-state index in [4.69, 9.17) is 0 Å². The highest BCUT2D eigenvalue weighted by atomic mass is 16.3. The third-order valence-electron chi connectivity index (χ3n) is 3.95. The molecule has 2 atom stereocenters. The molecule has 0 aliphatic heterocycles. The SMILES string of the molecule is CN(C)c1ncccc1C(=O)N[C@H]1c2ccccc2C[C@H]1O. The summed E-state index contributed by atoms with van der Waals surface area (Å²) in [6, 6.07) is 10.9. The van der Waals surface area contributed by atoms with Crippen LogP contribution in [0.15, 0.2) is 42.6 Å². The molecule has 3 rings (SSSR count). The molecule has 22 heavy (non-hydrogen) atoms. The zero-order chi connectivity index (χ0) is 15.7. The average molecular weight is 297 g/mol. The Labute approximate surface area is 129 Å². The van der Waals surface area contributed by atoms with Gasteiger partial charge in [-0.3, -0.25) is 4.79 Å². The molecule has 114 valence electrons. The van der Waals surface area contributed by atoms with Crippen LogP contribution in [0.3, 0.4) is 0 Å². The first-order valence-corrected chi connectivity index (χ1v) is 7.27. The number of hydrogen-bond donors (Lipinski definition) is 2. The molecule has 1 amide bonds. The Morgan fingerprint density at radius 2 is 2.05 bits per heavy atom. The molecule has 0 saturated heterocycles. The van der Waals surface area contributed by atoms with Gasteiger partial charge in [-0.1, -0.05) is 24.3 Å². The summed E-state index contributed by atoms with van der Waals surface area (Å²) < 4.78 is 0. The van der Waals surface area contributed by atoms with Crippen molar-refractivity contribution in [3.05, 3.63) is 59.3 Å². The summed E-state index contributed by atoms with van der Waals surface area (Å²) in [6.07, 6.45) is 1.63. The molecule has 2 N–H and O–H groups in total. The van der Waals surface area contributed by atoms with Gasteiger partial charge in [0.25, 0.3) is 5.91 Å². The fourth-order valence-electron chi connectivity index (χ4n) is 2.90. The summed E-state index contributed by atoms with van der Waals surface area (Å²) in [6.45, 7) is 0. The molecule has 5 nitrogen and oxygen atoms in total. The number of aliphatic hydroxyl groups excluding tert-OH is 1. The van der Waals surface area contributed by atoms with E-state index in [2.05, 4.69) is 10.3 Å². The lowest BCUT2D eigenvalue weighted by molar-refractivity contribution is 0.0858. The van der Waals surface area contributed by atoms with Crippen molar-refractivity contribution in [1.29, 1.82) is 0 Å². The minimum atomic E-state index is -0.596. The van der Waals surface area contributed by atoms with Crippen LogP contribution < -0.4 is 10.2 Å².